The first-order valence-corrected chi connectivity index (χ1v) is 8.50. The van der Waals surface area contributed by atoms with Crippen molar-refractivity contribution in [2.75, 3.05) is 23.3 Å². The van der Waals surface area contributed by atoms with Crippen LogP contribution in [0.25, 0.3) is 0 Å². The Hall–Kier alpha value is -2.31. The fraction of sp³-hybridized carbons (Fsp3) is 0.588. The van der Waals surface area contributed by atoms with Crippen LogP contribution in [0.4, 0.5) is 16.3 Å². The summed E-state index contributed by atoms with van der Waals surface area (Å²) in [6, 6.07) is 2.70. The standard InChI is InChI=1S/C17H29N5O2/c1-6-12(4)19-16(23)13(5)20-17(24)21-14-9-10-15(18-11-14)22(7-2)8-3/h9-13H,6-8H2,1-5H3,(H,19,23)(H2,20,21,24). The van der Waals surface area contributed by atoms with E-state index in [1.54, 1.807) is 19.2 Å². The van der Waals surface area contributed by atoms with Crippen LogP contribution in [0.5, 0.6) is 0 Å². The summed E-state index contributed by atoms with van der Waals surface area (Å²) in [5.41, 5.74) is 0.581. The fourth-order valence-corrected chi connectivity index (χ4v) is 2.09. The van der Waals surface area contributed by atoms with Gasteiger partial charge in [0, 0.05) is 19.1 Å². The minimum atomic E-state index is -0.609. The summed E-state index contributed by atoms with van der Waals surface area (Å²) in [7, 11) is 0. The molecule has 1 aromatic heterocycles. The molecule has 2 unspecified atom stereocenters. The van der Waals surface area contributed by atoms with Gasteiger partial charge in [-0.2, -0.15) is 0 Å². The van der Waals surface area contributed by atoms with Gasteiger partial charge in [0.15, 0.2) is 0 Å². The molecule has 0 aliphatic carbocycles. The highest BCUT2D eigenvalue weighted by Gasteiger charge is 2.17. The van der Waals surface area contributed by atoms with E-state index in [0.29, 0.717) is 5.69 Å². The van der Waals surface area contributed by atoms with E-state index in [9.17, 15) is 9.59 Å². The zero-order valence-electron chi connectivity index (χ0n) is 15.2. The first kappa shape index (κ1) is 19.7. The van der Waals surface area contributed by atoms with Crippen LogP contribution in [0.2, 0.25) is 0 Å². The first-order chi connectivity index (χ1) is 11.4. The van der Waals surface area contributed by atoms with Gasteiger partial charge in [-0.25, -0.2) is 9.78 Å². The number of hydrogen-bond acceptors (Lipinski definition) is 4. The number of amides is 3. The molecule has 3 amide bonds. The quantitative estimate of drug-likeness (QED) is 0.681. The highest BCUT2D eigenvalue weighted by molar-refractivity contribution is 5.93. The van der Waals surface area contributed by atoms with Crippen molar-refractivity contribution in [2.45, 2.75) is 53.1 Å². The molecule has 0 aliphatic rings. The predicted molar refractivity (Wildman–Crippen MR) is 97.3 cm³/mol. The fourth-order valence-electron chi connectivity index (χ4n) is 2.09. The van der Waals surface area contributed by atoms with Crippen molar-refractivity contribution >= 4 is 23.4 Å². The summed E-state index contributed by atoms with van der Waals surface area (Å²) in [6.45, 7) is 11.4. The number of hydrogen-bond donors (Lipinski definition) is 3. The molecule has 1 aromatic rings. The van der Waals surface area contributed by atoms with E-state index in [1.165, 1.54) is 0 Å². The number of pyridine rings is 1. The maximum Gasteiger partial charge on any atom is 0.319 e. The Labute approximate surface area is 144 Å². The van der Waals surface area contributed by atoms with Crippen LogP contribution >= 0.6 is 0 Å². The average molecular weight is 335 g/mol. The Morgan fingerprint density at radius 3 is 2.29 bits per heavy atom. The molecular weight excluding hydrogens is 306 g/mol. The molecule has 7 heteroatoms. The molecular formula is C17H29N5O2. The van der Waals surface area contributed by atoms with Crippen LogP contribution < -0.4 is 20.9 Å². The Kier molecular flexibility index (Phi) is 8.01. The second-order valence-corrected chi connectivity index (χ2v) is 5.72. The van der Waals surface area contributed by atoms with Crippen molar-refractivity contribution in [1.82, 2.24) is 15.6 Å². The molecule has 0 spiro atoms. The van der Waals surface area contributed by atoms with Crippen molar-refractivity contribution in [2.24, 2.45) is 0 Å². The minimum absolute atomic E-state index is 0.0848. The first-order valence-electron chi connectivity index (χ1n) is 8.50. The Bertz CT molecular complexity index is 528. The molecule has 1 rings (SSSR count). The lowest BCUT2D eigenvalue weighted by Crippen LogP contribution is -2.48. The maximum atomic E-state index is 12.0. The van der Waals surface area contributed by atoms with E-state index in [4.69, 9.17) is 0 Å². The highest BCUT2D eigenvalue weighted by Crippen LogP contribution is 2.13. The molecule has 0 bridgehead atoms. The molecule has 0 aromatic carbocycles. The molecule has 7 nitrogen and oxygen atoms in total. The van der Waals surface area contributed by atoms with Gasteiger partial charge in [-0.15, -0.1) is 0 Å². The monoisotopic (exact) mass is 335 g/mol. The third kappa shape index (κ3) is 6.06. The maximum absolute atomic E-state index is 12.0. The lowest BCUT2D eigenvalue weighted by atomic mass is 10.2. The van der Waals surface area contributed by atoms with E-state index in [1.807, 2.05) is 19.9 Å². The lowest BCUT2D eigenvalue weighted by Gasteiger charge is -2.20. The Morgan fingerprint density at radius 1 is 1.12 bits per heavy atom. The number of urea groups is 1. The van der Waals surface area contributed by atoms with Crippen molar-refractivity contribution in [3.8, 4) is 0 Å². The summed E-state index contributed by atoms with van der Waals surface area (Å²) < 4.78 is 0. The number of aromatic nitrogens is 1. The van der Waals surface area contributed by atoms with Crippen LogP contribution in [-0.4, -0.2) is 42.1 Å². The van der Waals surface area contributed by atoms with Gasteiger partial charge in [-0.3, -0.25) is 4.79 Å². The van der Waals surface area contributed by atoms with Crippen molar-refractivity contribution in [1.29, 1.82) is 0 Å². The van der Waals surface area contributed by atoms with E-state index < -0.39 is 12.1 Å². The van der Waals surface area contributed by atoms with Gasteiger partial charge in [-0.05, 0) is 46.2 Å². The number of anilines is 2. The van der Waals surface area contributed by atoms with Gasteiger partial charge in [0.1, 0.15) is 11.9 Å². The van der Waals surface area contributed by atoms with Gasteiger partial charge in [0.2, 0.25) is 5.91 Å². The van der Waals surface area contributed by atoms with Gasteiger partial charge in [0.05, 0.1) is 11.9 Å². The topological polar surface area (TPSA) is 86.4 Å². The van der Waals surface area contributed by atoms with E-state index in [2.05, 4.69) is 39.7 Å². The average Bonchev–Trinajstić information content (AvgIpc) is 2.57. The summed E-state index contributed by atoms with van der Waals surface area (Å²) in [5.74, 6) is 0.668. The largest absolute Gasteiger partial charge is 0.357 e. The van der Waals surface area contributed by atoms with Crippen LogP contribution in [-0.2, 0) is 4.79 Å². The highest BCUT2D eigenvalue weighted by atomic mass is 16.2. The van der Waals surface area contributed by atoms with Gasteiger partial charge in [0.25, 0.3) is 0 Å². The molecule has 0 saturated heterocycles. The molecule has 134 valence electrons. The number of rotatable bonds is 8. The third-order valence-electron chi connectivity index (χ3n) is 3.84. The molecule has 0 fully saturated rings. The van der Waals surface area contributed by atoms with Crippen LogP contribution in [0.15, 0.2) is 18.3 Å². The van der Waals surface area contributed by atoms with E-state index >= 15 is 0 Å². The summed E-state index contributed by atoms with van der Waals surface area (Å²) in [6.07, 6.45) is 2.45. The zero-order valence-corrected chi connectivity index (χ0v) is 15.2. The molecule has 24 heavy (non-hydrogen) atoms. The second kappa shape index (κ2) is 9.75. The smallest absolute Gasteiger partial charge is 0.319 e. The molecule has 1 heterocycles. The number of nitrogens with one attached hydrogen (secondary N) is 3. The molecule has 3 N–H and O–H groups in total. The number of nitrogens with zero attached hydrogens (tertiary/aromatic N) is 2. The second-order valence-electron chi connectivity index (χ2n) is 5.72. The predicted octanol–water partition coefficient (Wildman–Crippen LogP) is 2.35. The normalized spacial score (nSPS) is 12.9. The SMILES string of the molecule is CCC(C)NC(=O)C(C)NC(=O)Nc1ccc(N(CC)CC)nc1. The molecule has 0 saturated carbocycles. The summed E-state index contributed by atoms with van der Waals surface area (Å²) in [5, 5.41) is 8.14. The Balaban J connectivity index is 2.54. The van der Waals surface area contributed by atoms with Crippen LogP contribution in [0, 0.1) is 0 Å². The zero-order chi connectivity index (χ0) is 18.1. The molecule has 2 atom stereocenters. The number of carbonyl (C=O) groups excluding carboxylic acids is 2. The van der Waals surface area contributed by atoms with Crippen LogP contribution in [0.1, 0.15) is 41.0 Å². The summed E-state index contributed by atoms with van der Waals surface area (Å²) >= 11 is 0. The Morgan fingerprint density at radius 2 is 1.79 bits per heavy atom. The van der Waals surface area contributed by atoms with Crippen molar-refractivity contribution < 1.29 is 9.59 Å². The summed E-state index contributed by atoms with van der Waals surface area (Å²) in [4.78, 5) is 30.3. The lowest BCUT2D eigenvalue weighted by molar-refractivity contribution is -0.123. The van der Waals surface area contributed by atoms with E-state index in [-0.39, 0.29) is 11.9 Å². The van der Waals surface area contributed by atoms with Gasteiger partial charge < -0.3 is 20.9 Å². The van der Waals surface area contributed by atoms with Gasteiger partial charge in [-0.1, -0.05) is 6.92 Å². The molecule has 0 aliphatic heterocycles. The van der Waals surface area contributed by atoms with E-state index in [0.717, 1.165) is 25.3 Å². The minimum Gasteiger partial charge on any atom is -0.357 e. The number of carbonyl (C=O) groups is 2. The van der Waals surface area contributed by atoms with Crippen molar-refractivity contribution in [3.05, 3.63) is 18.3 Å². The molecule has 0 radical (unpaired) electrons. The van der Waals surface area contributed by atoms with Crippen molar-refractivity contribution in [3.63, 3.8) is 0 Å². The third-order valence-corrected chi connectivity index (χ3v) is 3.84. The van der Waals surface area contributed by atoms with Crippen LogP contribution in [0.3, 0.4) is 0 Å². The van der Waals surface area contributed by atoms with Gasteiger partial charge >= 0.3 is 6.03 Å².